The number of nitro groups is 1. The van der Waals surface area contributed by atoms with Gasteiger partial charge in [-0.05, 0) is 24.8 Å². The summed E-state index contributed by atoms with van der Waals surface area (Å²) in [5.74, 6) is -1.08. The van der Waals surface area contributed by atoms with Crippen LogP contribution in [0.5, 0.6) is 0 Å². The average Bonchev–Trinajstić information content (AvgIpc) is 2.88. The van der Waals surface area contributed by atoms with Crippen molar-refractivity contribution in [2.24, 2.45) is 5.92 Å². The summed E-state index contributed by atoms with van der Waals surface area (Å²) in [6.07, 6.45) is 1.10. The fourth-order valence-corrected chi connectivity index (χ4v) is 3.96. The molecule has 7 nitrogen and oxygen atoms in total. The zero-order chi connectivity index (χ0) is 15.6. The van der Waals surface area contributed by atoms with Crippen molar-refractivity contribution in [3.63, 3.8) is 0 Å². The third kappa shape index (κ3) is 3.20. The lowest BCUT2D eigenvalue weighted by molar-refractivity contribution is -0.385. The number of aliphatic hydroxyl groups excluding tert-OH is 1. The fourth-order valence-electron chi connectivity index (χ4n) is 2.39. The minimum Gasteiger partial charge on any atom is -0.396 e. The van der Waals surface area contributed by atoms with Gasteiger partial charge in [0.05, 0.1) is 11.0 Å². The van der Waals surface area contributed by atoms with Crippen molar-refractivity contribution >= 4 is 15.7 Å². The van der Waals surface area contributed by atoms with E-state index in [0.29, 0.717) is 18.9 Å². The standard InChI is InChI=1S/C12H15FN2O5S/c13-11-7-10(15(17)18)1-2-12(11)21(19,20)14-5-3-9(8-14)4-6-16/h1-2,7,9,16H,3-6,8H2. The zero-order valence-electron chi connectivity index (χ0n) is 11.1. The van der Waals surface area contributed by atoms with Gasteiger partial charge in [-0.25, -0.2) is 12.8 Å². The highest BCUT2D eigenvalue weighted by Crippen LogP contribution is 2.28. The van der Waals surface area contributed by atoms with E-state index in [1.54, 1.807) is 0 Å². The van der Waals surface area contributed by atoms with Gasteiger partial charge in [0.15, 0.2) is 0 Å². The summed E-state index contributed by atoms with van der Waals surface area (Å²) in [7, 11) is -4.01. The number of benzene rings is 1. The minimum absolute atomic E-state index is 0.0234. The van der Waals surface area contributed by atoms with Crippen LogP contribution >= 0.6 is 0 Å². The third-order valence-electron chi connectivity index (χ3n) is 3.53. The number of nitro benzene ring substituents is 1. The summed E-state index contributed by atoms with van der Waals surface area (Å²) < 4.78 is 39.7. The molecular formula is C12H15FN2O5S. The molecule has 0 spiro atoms. The average molecular weight is 318 g/mol. The van der Waals surface area contributed by atoms with Crippen molar-refractivity contribution in [1.29, 1.82) is 0 Å². The van der Waals surface area contributed by atoms with Gasteiger partial charge >= 0.3 is 0 Å². The molecule has 2 rings (SSSR count). The fraction of sp³-hybridized carbons (Fsp3) is 0.500. The molecule has 1 aliphatic heterocycles. The Labute approximate surface area is 121 Å². The number of nitrogens with zero attached hydrogens (tertiary/aromatic N) is 2. The molecule has 1 aromatic carbocycles. The Balaban J connectivity index is 2.26. The number of hydrogen-bond acceptors (Lipinski definition) is 5. The molecule has 0 radical (unpaired) electrons. The van der Waals surface area contributed by atoms with Crippen LogP contribution in [0, 0.1) is 21.8 Å². The molecule has 0 bridgehead atoms. The van der Waals surface area contributed by atoms with Gasteiger partial charge in [0, 0.05) is 25.8 Å². The van der Waals surface area contributed by atoms with Gasteiger partial charge in [-0.3, -0.25) is 10.1 Å². The summed E-state index contributed by atoms with van der Waals surface area (Å²) in [6.45, 7) is 0.452. The van der Waals surface area contributed by atoms with E-state index in [0.717, 1.165) is 16.4 Å². The second-order valence-corrected chi connectivity index (χ2v) is 6.81. The Morgan fingerprint density at radius 2 is 2.19 bits per heavy atom. The molecule has 0 aromatic heterocycles. The maximum Gasteiger partial charge on any atom is 0.272 e. The molecule has 9 heteroatoms. The maximum absolute atomic E-state index is 13.9. The van der Waals surface area contributed by atoms with E-state index >= 15 is 0 Å². The van der Waals surface area contributed by atoms with E-state index in [9.17, 15) is 22.9 Å². The van der Waals surface area contributed by atoms with Gasteiger partial charge < -0.3 is 5.11 Å². The third-order valence-corrected chi connectivity index (χ3v) is 5.43. The van der Waals surface area contributed by atoms with Crippen LogP contribution in [-0.2, 0) is 10.0 Å². The lowest BCUT2D eigenvalue weighted by atomic mass is 10.1. The Hall–Kier alpha value is -1.58. The predicted molar refractivity (Wildman–Crippen MR) is 71.6 cm³/mol. The highest BCUT2D eigenvalue weighted by Gasteiger charge is 2.34. The molecule has 1 atom stereocenters. The first-order valence-corrected chi connectivity index (χ1v) is 7.85. The van der Waals surface area contributed by atoms with Gasteiger partial charge in [-0.2, -0.15) is 4.31 Å². The Kier molecular flexibility index (Phi) is 4.55. The molecule has 0 saturated carbocycles. The van der Waals surface area contributed by atoms with Crippen molar-refractivity contribution in [2.75, 3.05) is 19.7 Å². The van der Waals surface area contributed by atoms with E-state index in [-0.39, 0.29) is 25.6 Å². The summed E-state index contributed by atoms with van der Waals surface area (Å²) in [5, 5.41) is 19.4. The topological polar surface area (TPSA) is 101 Å². The van der Waals surface area contributed by atoms with Gasteiger partial charge in [0.25, 0.3) is 5.69 Å². The number of rotatable bonds is 5. The summed E-state index contributed by atoms with van der Waals surface area (Å²) in [5.41, 5.74) is -0.494. The number of non-ortho nitro benzene ring substituents is 1. The van der Waals surface area contributed by atoms with Gasteiger partial charge in [-0.1, -0.05) is 0 Å². The van der Waals surface area contributed by atoms with Crippen molar-refractivity contribution in [3.05, 3.63) is 34.1 Å². The Bertz CT molecular complexity index is 649. The van der Waals surface area contributed by atoms with Crippen LogP contribution in [0.15, 0.2) is 23.1 Å². The van der Waals surface area contributed by atoms with Crippen LogP contribution in [-0.4, -0.2) is 42.4 Å². The molecule has 21 heavy (non-hydrogen) atoms. The van der Waals surface area contributed by atoms with E-state index in [1.807, 2.05) is 0 Å². The van der Waals surface area contributed by atoms with E-state index in [2.05, 4.69) is 0 Å². The zero-order valence-corrected chi connectivity index (χ0v) is 11.9. The lowest BCUT2D eigenvalue weighted by Crippen LogP contribution is -2.29. The highest BCUT2D eigenvalue weighted by molar-refractivity contribution is 7.89. The normalized spacial score (nSPS) is 19.8. The monoisotopic (exact) mass is 318 g/mol. The van der Waals surface area contributed by atoms with Crippen molar-refractivity contribution in [2.45, 2.75) is 17.7 Å². The van der Waals surface area contributed by atoms with Gasteiger partial charge in [-0.15, -0.1) is 0 Å². The first kappa shape index (κ1) is 15.8. The van der Waals surface area contributed by atoms with Crippen molar-refractivity contribution in [1.82, 2.24) is 4.31 Å². The number of halogens is 1. The van der Waals surface area contributed by atoms with Gasteiger partial charge in [0.2, 0.25) is 10.0 Å². The Morgan fingerprint density at radius 3 is 2.76 bits per heavy atom. The van der Waals surface area contributed by atoms with Crippen LogP contribution in [0.2, 0.25) is 0 Å². The largest absolute Gasteiger partial charge is 0.396 e. The van der Waals surface area contributed by atoms with Gasteiger partial charge in [0.1, 0.15) is 10.7 Å². The molecule has 1 unspecified atom stereocenters. The predicted octanol–water partition coefficient (Wildman–Crippen LogP) is 1.13. The quantitative estimate of drug-likeness (QED) is 0.648. The van der Waals surface area contributed by atoms with Crippen LogP contribution in [0.4, 0.5) is 10.1 Å². The lowest BCUT2D eigenvalue weighted by Gasteiger charge is -2.16. The first-order valence-electron chi connectivity index (χ1n) is 6.41. The Morgan fingerprint density at radius 1 is 1.48 bits per heavy atom. The molecule has 0 aliphatic carbocycles. The highest BCUT2D eigenvalue weighted by atomic mass is 32.2. The molecule has 1 aromatic rings. The van der Waals surface area contributed by atoms with E-state index in [4.69, 9.17) is 5.11 Å². The molecule has 1 heterocycles. The molecular weight excluding hydrogens is 303 g/mol. The van der Waals surface area contributed by atoms with E-state index < -0.39 is 31.3 Å². The second kappa shape index (κ2) is 6.04. The first-order chi connectivity index (χ1) is 9.86. The molecule has 1 N–H and O–H groups in total. The second-order valence-electron chi connectivity index (χ2n) is 4.90. The summed E-state index contributed by atoms with van der Waals surface area (Å²) >= 11 is 0. The van der Waals surface area contributed by atoms with Crippen LogP contribution < -0.4 is 0 Å². The van der Waals surface area contributed by atoms with Crippen LogP contribution in [0.25, 0.3) is 0 Å². The van der Waals surface area contributed by atoms with Crippen LogP contribution in [0.3, 0.4) is 0 Å². The number of aliphatic hydroxyl groups is 1. The number of hydrogen-bond donors (Lipinski definition) is 1. The van der Waals surface area contributed by atoms with Crippen molar-refractivity contribution in [3.8, 4) is 0 Å². The minimum atomic E-state index is -4.01. The molecule has 116 valence electrons. The SMILES string of the molecule is O=[N+]([O-])c1ccc(S(=O)(=O)N2CCC(CCO)C2)c(F)c1. The summed E-state index contributed by atoms with van der Waals surface area (Å²) in [4.78, 5) is 9.20. The smallest absolute Gasteiger partial charge is 0.272 e. The van der Waals surface area contributed by atoms with Crippen molar-refractivity contribution < 1.29 is 22.8 Å². The molecule has 1 fully saturated rings. The molecule has 1 saturated heterocycles. The van der Waals surface area contributed by atoms with Crippen LogP contribution in [0.1, 0.15) is 12.8 Å². The summed E-state index contributed by atoms with van der Waals surface area (Å²) in [6, 6.07) is 2.49. The molecule has 1 aliphatic rings. The maximum atomic E-state index is 13.9. The number of sulfonamides is 1. The molecule has 0 amide bonds. The van der Waals surface area contributed by atoms with E-state index in [1.165, 1.54) is 0 Å².